The van der Waals surface area contributed by atoms with Gasteiger partial charge in [0, 0.05) is 56.2 Å². The van der Waals surface area contributed by atoms with Gasteiger partial charge in [0.2, 0.25) is 0 Å². The van der Waals surface area contributed by atoms with Crippen molar-refractivity contribution >= 4 is 11.9 Å². The summed E-state index contributed by atoms with van der Waals surface area (Å²) in [4.78, 5) is 36.9. The minimum absolute atomic E-state index is 0.0512. The molecule has 0 spiro atoms. The zero-order valence-corrected chi connectivity index (χ0v) is 22.6. The second-order valence-electron chi connectivity index (χ2n) is 10.1. The Morgan fingerprint density at radius 3 is 2.64 bits per heavy atom. The smallest absolute Gasteiger partial charge is 0.410 e. The van der Waals surface area contributed by atoms with Crippen molar-refractivity contribution in [1.82, 2.24) is 19.4 Å². The van der Waals surface area contributed by atoms with E-state index in [1.165, 1.54) is 0 Å². The lowest BCUT2D eigenvalue weighted by atomic mass is 9.77. The molecule has 1 saturated heterocycles. The number of carbonyl (C=O) groups is 2. The first kappa shape index (κ1) is 27.8. The van der Waals surface area contributed by atoms with Crippen molar-refractivity contribution in [2.75, 3.05) is 13.7 Å². The van der Waals surface area contributed by atoms with E-state index < -0.39 is 5.60 Å². The summed E-state index contributed by atoms with van der Waals surface area (Å²) in [5.41, 5.74) is 0.989. The van der Waals surface area contributed by atoms with Crippen LogP contribution in [0.5, 0.6) is 0 Å². The number of ether oxygens (including phenoxy) is 2. The molecule has 3 rings (SSSR count). The van der Waals surface area contributed by atoms with Crippen LogP contribution in [0.4, 0.5) is 4.79 Å². The number of aromatic nitrogens is 3. The molecule has 2 aromatic rings. The van der Waals surface area contributed by atoms with Crippen LogP contribution in [0.1, 0.15) is 66.7 Å². The van der Waals surface area contributed by atoms with E-state index in [4.69, 9.17) is 9.47 Å². The third-order valence-electron chi connectivity index (χ3n) is 7.55. The minimum Gasteiger partial charge on any atom is -0.438 e. The number of hydrogen-bond donors (Lipinski definition) is 0. The molecule has 0 N–H and O–H groups in total. The molecule has 1 fully saturated rings. The Kier molecular flexibility index (Phi) is 9.65. The fourth-order valence-electron chi connectivity index (χ4n) is 5.69. The monoisotopic (exact) mass is 498 g/mol. The summed E-state index contributed by atoms with van der Waals surface area (Å²) in [6.45, 7) is 11.3. The summed E-state index contributed by atoms with van der Waals surface area (Å²) in [6, 6.07) is 3.52. The van der Waals surface area contributed by atoms with Crippen molar-refractivity contribution in [2.45, 2.75) is 91.0 Å². The number of nitrogens with zero attached hydrogens (tertiary/aromatic N) is 4. The lowest BCUT2D eigenvalue weighted by Crippen LogP contribution is -2.56. The second kappa shape index (κ2) is 12.5. The Morgan fingerprint density at radius 1 is 1.25 bits per heavy atom. The van der Waals surface area contributed by atoms with E-state index in [-0.39, 0.29) is 35.9 Å². The van der Waals surface area contributed by atoms with Crippen LogP contribution in [-0.4, -0.2) is 62.7 Å². The number of pyridine rings is 1. The van der Waals surface area contributed by atoms with Crippen molar-refractivity contribution in [2.24, 2.45) is 11.8 Å². The van der Waals surface area contributed by atoms with Gasteiger partial charge in [0.25, 0.3) is 0 Å². The van der Waals surface area contributed by atoms with Crippen LogP contribution in [0.3, 0.4) is 0 Å². The fraction of sp³-hybridized carbons (Fsp3) is 0.643. The highest BCUT2D eigenvalue weighted by atomic mass is 16.6. The van der Waals surface area contributed by atoms with Gasteiger partial charge >= 0.3 is 6.09 Å². The number of imidazole rings is 1. The molecule has 198 valence electrons. The molecule has 1 aliphatic heterocycles. The first-order chi connectivity index (χ1) is 17.3. The van der Waals surface area contributed by atoms with Crippen molar-refractivity contribution in [3.05, 3.63) is 37.1 Å². The molecule has 0 radical (unpaired) electrons. The molecule has 0 aromatic carbocycles. The van der Waals surface area contributed by atoms with Gasteiger partial charge in [-0.25, -0.2) is 9.78 Å². The van der Waals surface area contributed by atoms with Crippen LogP contribution in [0.15, 0.2) is 37.1 Å². The quantitative estimate of drug-likeness (QED) is 0.326. The standard InChI is InChI=1S/C28H42N4O4/c1-7-12-20(3)25(33)21(4)26-28(5,24(8-2)35-6)36-27(34)32(26)16-10-9-15-31-18-23(30-19-31)22-13-11-14-29-17-22/h11,13-14,17-21,24,26H,7-10,12,15-16H2,1-6H3/t20-,21?,24-,26?,28-/m1/s1. The van der Waals surface area contributed by atoms with E-state index in [0.717, 1.165) is 43.5 Å². The lowest BCUT2D eigenvalue weighted by molar-refractivity contribution is -0.133. The van der Waals surface area contributed by atoms with Gasteiger partial charge in [-0.3, -0.25) is 9.78 Å². The number of Topliss-reactive ketones (excluding diaryl/α,β-unsaturated/α-hetero) is 1. The predicted molar refractivity (Wildman–Crippen MR) is 139 cm³/mol. The summed E-state index contributed by atoms with van der Waals surface area (Å²) < 4.78 is 13.8. The highest BCUT2D eigenvalue weighted by Crippen LogP contribution is 2.40. The molecule has 8 nitrogen and oxygen atoms in total. The molecule has 0 aliphatic carbocycles. The molecule has 1 amide bonds. The highest BCUT2D eigenvalue weighted by Gasteiger charge is 2.58. The van der Waals surface area contributed by atoms with Crippen molar-refractivity contribution in [1.29, 1.82) is 0 Å². The number of hydrogen-bond acceptors (Lipinski definition) is 6. The third kappa shape index (κ3) is 5.97. The number of ketones is 1. The van der Waals surface area contributed by atoms with Crippen molar-refractivity contribution in [3.8, 4) is 11.3 Å². The zero-order valence-electron chi connectivity index (χ0n) is 22.6. The maximum atomic E-state index is 13.3. The normalized spacial score (nSPS) is 22.3. The molecule has 5 atom stereocenters. The Hall–Kier alpha value is -2.74. The molecule has 2 unspecified atom stereocenters. The van der Waals surface area contributed by atoms with Crippen LogP contribution in [-0.2, 0) is 20.8 Å². The molecule has 3 heterocycles. The molecule has 1 aliphatic rings. The van der Waals surface area contributed by atoms with E-state index in [2.05, 4.69) is 21.5 Å². The van der Waals surface area contributed by atoms with Crippen LogP contribution >= 0.6 is 0 Å². The minimum atomic E-state index is -0.884. The number of amides is 1. The van der Waals surface area contributed by atoms with Gasteiger partial charge in [-0.2, -0.15) is 0 Å². The second-order valence-corrected chi connectivity index (χ2v) is 10.1. The van der Waals surface area contributed by atoms with E-state index in [9.17, 15) is 9.59 Å². The predicted octanol–water partition coefficient (Wildman–Crippen LogP) is 5.37. The maximum absolute atomic E-state index is 13.3. The molecule has 0 bridgehead atoms. The summed E-state index contributed by atoms with van der Waals surface area (Å²) in [5.74, 6) is -0.212. The SMILES string of the molecule is CCC[C@@H](C)C(=O)C(C)C1N(CCCCn2cnc(-c3cccnc3)c2)C(=O)O[C@]1(C)[C@@H](CC)OC. The van der Waals surface area contributed by atoms with E-state index in [1.807, 2.05) is 52.4 Å². The summed E-state index contributed by atoms with van der Waals surface area (Å²) >= 11 is 0. The van der Waals surface area contributed by atoms with Crippen LogP contribution in [0.2, 0.25) is 0 Å². The Labute approximate surface area is 215 Å². The summed E-state index contributed by atoms with van der Waals surface area (Å²) in [5, 5.41) is 0. The van der Waals surface area contributed by atoms with Gasteiger partial charge in [0.05, 0.1) is 24.2 Å². The molecule has 0 saturated carbocycles. The average molecular weight is 499 g/mol. The number of rotatable bonds is 14. The van der Waals surface area contributed by atoms with E-state index in [1.54, 1.807) is 24.4 Å². The molecule has 36 heavy (non-hydrogen) atoms. The molecule has 2 aromatic heterocycles. The molecular formula is C28H42N4O4. The number of aryl methyl sites for hydroxylation is 1. The van der Waals surface area contributed by atoms with Gasteiger partial charge < -0.3 is 18.9 Å². The van der Waals surface area contributed by atoms with Crippen molar-refractivity contribution < 1.29 is 19.1 Å². The zero-order chi connectivity index (χ0) is 26.3. The van der Waals surface area contributed by atoms with Crippen LogP contribution < -0.4 is 0 Å². The lowest BCUT2D eigenvalue weighted by Gasteiger charge is -2.40. The first-order valence-corrected chi connectivity index (χ1v) is 13.2. The Balaban J connectivity index is 1.69. The van der Waals surface area contributed by atoms with Gasteiger partial charge in [-0.05, 0) is 44.7 Å². The first-order valence-electron chi connectivity index (χ1n) is 13.2. The Bertz CT molecular complexity index is 990. The number of cyclic esters (lactones) is 1. The van der Waals surface area contributed by atoms with Gasteiger partial charge in [-0.1, -0.05) is 34.1 Å². The molecular weight excluding hydrogens is 456 g/mol. The average Bonchev–Trinajstić information content (AvgIpc) is 3.44. The topological polar surface area (TPSA) is 86.6 Å². The third-order valence-corrected chi connectivity index (χ3v) is 7.55. The maximum Gasteiger partial charge on any atom is 0.410 e. The highest BCUT2D eigenvalue weighted by molar-refractivity contribution is 5.85. The summed E-state index contributed by atoms with van der Waals surface area (Å²) in [7, 11) is 1.64. The van der Waals surface area contributed by atoms with Gasteiger partial charge in [-0.15, -0.1) is 0 Å². The number of methoxy groups -OCH3 is 1. The Morgan fingerprint density at radius 2 is 2.00 bits per heavy atom. The van der Waals surface area contributed by atoms with Crippen LogP contribution in [0.25, 0.3) is 11.3 Å². The number of carbonyl (C=O) groups excluding carboxylic acids is 2. The number of unbranched alkanes of at least 4 members (excludes halogenated alkanes) is 1. The largest absolute Gasteiger partial charge is 0.438 e. The molecule has 8 heteroatoms. The van der Waals surface area contributed by atoms with E-state index in [0.29, 0.717) is 13.0 Å². The van der Waals surface area contributed by atoms with Gasteiger partial charge in [0.15, 0.2) is 5.60 Å². The van der Waals surface area contributed by atoms with Crippen LogP contribution in [0, 0.1) is 11.8 Å². The van der Waals surface area contributed by atoms with Crippen molar-refractivity contribution in [3.63, 3.8) is 0 Å². The van der Waals surface area contributed by atoms with Gasteiger partial charge in [0.1, 0.15) is 5.78 Å². The summed E-state index contributed by atoms with van der Waals surface area (Å²) in [6.07, 6.45) is 10.9. The fourth-order valence-corrected chi connectivity index (χ4v) is 5.69. The van der Waals surface area contributed by atoms with E-state index >= 15 is 0 Å².